The number of hydrogen-bond acceptors (Lipinski definition) is 4. The molecule has 2 aromatic carbocycles. The highest BCUT2D eigenvalue weighted by atomic mass is 16.6. The van der Waals surface area contributed by atoms with Gasteiger partial charge in [0.2, 0.25) is 0 Å². The smallest absolute Gasteiger partial charge is 0.410 e. The van der Waals surface area contributed by atoms with Gasteiger partial charge in [0.25, 0.3) is 0 Å². The Bertz CT molecular complexity index is 725. The molecule has 25 heavy (non-hydrogen) atoms. The van der Waals surface area contributed by atoms with Gasteiger partial charge in [-0.15, -0.1) is 0 Å². The van der Waals surface area contributed by atoms with E-state index < -0.39 is 6.10 Å². The first-order chi connectivity index (χ1) is 12.2. The van der Waals surface area contributed by atoms with Crippen LogP contribution in [0.25, 0.3) is 0 Å². The van der Waals surface area contributed by atoms with Crippen molar-refractivity contribution in [1.29, 1.82) is 0 Å². The molecule has 2 heterocycles. The van der Waals surface area contributed by atoms with Crippen molar-refractivity contribution in [1.82, 2.24) is 9.80 Å². The maximum Gasteiger partial charge on any atom is 0.410 e. The average molecular weight is 338 g/mol. The topological polar surface area (TPSA) is 53.0 Å². The van der Waals surface area contributed by atoms with Crippen LogP contribution in [0.15, 0.2) is 54.6 Å². The van der Waals surface area contributed by atoms with E-state index >= 15 is 0 Å². The van der Waals surface area contributed by atoms with Crippen LogP contribution in [-0.2, 0) is 24.4 Å². The third-order valence-electron chi connectivity index (χ3n) is 5.06. The van der Waals surface area contributed by atoms with E-state index in [1.54, 1.807) is 4.90 Å². The summed E-state index contributed by atoms with van der Waals surface area (Å²) in [4.78, 5) is 16.2. The van der Waals surface area contributed by atoms with Gasteiger partial charge >= 0.3 is 6.09 Å². The Kier molecular flexibility index (Phi) is 4.42. The molecule has 1 N–H and O–H groups in total. The maximum atomic E-state index is 12.3. The number of β-amino-alcohol motifs (C(OH)–C–C–N with tert-alkyl or cyclic N) is 1. The summed E-state index contributed by atoms with van der Waals surface area (Å²) in [5.74, 6) is 0. The lowest BCUT2D eigenvalue weighted by atomic mass is 10.1. The van der Waals surface area contributed by atoms with Gasteiger partial charge in [0, 0.05) is 19.6 Å². The number of rotatable bonds is 3. The molecule has 2 aliphatic rings. The summed E-state index contributed by atoms with van der Waals surface area (Å²) in [6.07, 6.45) is -0.902. The number of carbonyl (C=O) groups excluding carboxylic acids is 1. The Morgan fingerprint density at radius 1 is 1.00 bits per heavy atom. The number of amides is 1. The Hall–Kier alpha value is -2.37. The Balaban J connectivity index is 1.34. The summed E-state index contributed by atoms with van der Waals surface area (Å²) in [5.41, 5.74) is 3.57. The van der Waals surface area contributed by atoms with Gasteiger partial charge in [-0.25, -0.2) is 4.79 Å². The number of likely N-dealkylation sites (tertiary alicyclic amines) is 1. The summed E-state index contributed by atoms with van der Waals surface area (Å²) < 4.78 is 5.39. The lowest BCUT2D eigenvalue weighted by molar-refractivity contribution is 0.0807. The molecular weight excluding hydrogens is 316 g/mol. The zero-order chi connectivity index (χ0) is 17.2. The third-order valence-corrected chi connectivity index (χ3v) is 5.06. The van der Waals surface area contributed by atoms with E-state index in [0.29, 0.717) is 13.1 Å². The predicted octanol–water partition coefficient (Wildman–Crippen LogP) is 2.38. The Labute approximate surface area is 147 Å². The minimum Gasteiger partial charge on any atom is -0.445 e. The molecule has 4 rings (SSSR count). The highest BCUT2D eigenvalue weighted by molar-refractivity contribution is 5.68. The molecule has 0 saturated carbocycles. The van der Waals surface area contributed by atoms with Crippen LogP contribution in [0, 0.1) is 0 Å². The molecule has 1 amide bonds. The largest absolute Gasteiger partial charge is 0.445 e. The normalized spacial score (nSPS) is 22.8. The zero-order valence-electron chi connectivity index (χ0n) is 14.0. The highest BCUT2D eigenvalue weighted by Gasteiger charge is 2.40. The molecule has 1 fully saturated rings. The number of aliphatic hydroxyl groups is 1. The summed E-state index contributed by atoms with van der Waals surface area (Å²) in [5, 5.41) is 10.4. The zero-order valence-corrected chi connectivity index (χ0v) is 14.0. The molecule has 2 aliphatic heterocycles. The molecule has 130 valence electrons. The maximum absolute atomic E-state index is 12.3. The first-order valence-electron chi connectivity index (χ1n) is 8.65. The molecule has 0 aromatic heterocycles. The standard InChI is InChI=1S/C20H22N2O3/c23-19-13-22(20(24)25-14-15-6-2-1-3-7-15)12-18(19)21-10-16-8-4-5-9-17(16)11-21/h1-9,18-19,23H,10-14H2/t18-,19-/m1/s1. The number of fused-ring (bicyclic) bond motifs is 1. The Morgan fingerprint density at radius 2 is 1.64 bits per heavy atom. The monoisotopic (exact) mass is 338 g/mol. The highest BCUT2D eigenvalue weighted by Crippen LogP contribution is 2.28. The van der Waals surface area contributed by atoms with E-state index in [1.165, 1.54) is 11.1 Å². The molecule has 2 atom stereocenters. The van der Waals surface area contributed by atoms with Crippen molar-refractivity contribution in [2.45, 2.75) is 31.8 Å². The summed E-state index contributed by atoms with van der Waals surface area (Å²) >= 11 is 0. The number of carbonyl (C=O) groups is 1. The minimum atomic E-state index is -0.543. The quantitative estimate of drug-likeness (QED) is 0.934. The SMILES string of the molecule is O=C(OCc1ccccc1)N1C[C@@H](O)[C@H](N2Cc3ccccc3C2)C1. The molecule has 0 aliphatic carbocycles. The fourth-order valence-corrected chi connectivity index (χ4v) is 3.68. The van der Waals surface area contributed by atoms with Crippen molar-refractivity contribution >= 4 is 6.09 Å². The molecule has 1 saturated heterocycles. The molecule has 0 spiro atoms. The van der Waals surface area contributed by atoms with Gasteiger partial charge in [0.1, 0.15) is 6.61 Å². The number of ether oxygens (including phenoxy) is 1. The average Bonchev–Trinajstić information content (AvgIpc) is 3.23. The lowest BCUT2D eigenvalue weighted by Crippen LogP contribution is -2.40. The molecule has 0 bridgehead atoms. The third kappa shape index (κ3) is 3.38. The Morgan fingerprint density at radius 3 is 2.32 bits per heavy atom. The van der Waals surface area contributed by atoms with Crippen molar-refractivity contribution in [3.8, 4) is 0 Å². The van der Waals surface area contributed by atoms with Crippen LogP contribution in [-0.4, -0.2) is 46.2 Å². The van der Waals surface area contributed by atoms with Crippen molar-refractivity contribution in [2.75, 3.05) is 13.1 Å². The van der Waals surface area contributed by atoms with Crippen molar-refractivity contribution in [3.05, 3.63) is 71.3 Å². The first kappa shape index (κ1) is 16.1. The van der Waals surface area contributed by atoms with Gasteiger partial charge in [0.05, 0.1) is 18.7 Å². The van der Waals surface area contributed by atoms with Gasteiger partial charge in [-0.1, -0.05) is 54.6 Å². The number of benzene rings is 2. The molecule has 5 nitrogen and oxygen atoms in total. The van der Waals surface area contributed by atoms with Crippen LogP contribution < -0.4 is 0 Å². The van der Waals surface area contributed by atoms with Crippen molar-refractivity contribution < 1.29 is 14.6 Å². The minimum absolute atomic E-state index is 0.0447. The lowest BCUT2D eigenvalue weighted by Gasteiger charge is -2.25. The van der Waals surface area contributed by atoms with E-state index in [1.807, 2.05) is 42.5 Å². The van der Waals surface area contributed by atoms with Gasteiger partial charge in [0.15, 0.2) is 0 Å². The van der Waals surface area contributed by atoms with Crippen molar-refractivity contribution in [2.24, 2.45) is 0 Å². The fraction of sp³-hybridized carbons (Fsp3) is 0.350. The van der Waals surface area contributed by atoms with Crippen LogP contribution in [0.2, 0.25) is 0 Å². The van der Waals surface area contributed by atoms with Crippen LogP contribution in [0.4, 0.5) is 4.79 Å². The summed E-state index contributed by atoms with van der Waals surface area (Å²) in [7, 11) is 0. The fourth-order valence-electron chi connectivity index (χ4n) is 3.68. The summed E-state index contributed by atoms with van der Waals surface area (Å²) in [6, 6.07) is 17.9. The molecule has 0 radical (unpaired) electrons. The van der Waals surface area contributed by atoms with Gasteiger partial charge in [-0.2, -0.15) is 0 Å². The van der Waals surface area contributed by atoms with Crippen LogP contribution in [0.3, 0.4) is 0 Å². The second-order valence-corrected chi connectivity index (χ2v) is 6.75. The number of hydrogen-bond donors (Lipinski definition) is 1. The van der Waals surface area contributed by atoms with E-state index in [9.17, 15) is 9.90 Å². The predicted molar refractivity (Wildman–Crippen MR) is 93.7 cm³/mol. The van der Waals surface area contributed by atoms with Crippen LogP contribution in [0.5, 0.6) is 0 Å². The second-order valence-electron chi connectivity index (χ2n) is 6.75. The first-order valence-corrected chi connectivity index (χ1v) is 8.65. The van der Waals surface area contributed by atoms with Crippen molar-refractivity contribution in [3.63, 3.8) is 0 Å². The van der Waals surface area contributed by atoms with Crippen LogP contribution in [0.1, 0.15) is 16.7 Å². The molecule has 5 heteroatoms. The van der Waals surface area contributed by atoms with E-state index in [4.69, 9.17) is 4.74 Å². The van der Waals surface area contributed by atoms with E-state index in [-0.39, 0.29) is 18.7 Å². The molecular formula is C20H22N2O3. The summed E-state index contributed by atoms with van der Waals surface area (Å²) in [6.45, 7) is 2.73. The molecule has 0 unspecified atom stereocenters. The van der Waals surface area contributed by atoms with E-state index in [0.717, 1.165) is 18.7 Å². The van der Waals surface area contributed by atoms with Gasteiger partial charge in [-0.05, 0) is 16.7 Å². The van der Waals surface area contributed by atoms with Crippen LogP contribution >= 0.6 is 0 Å². The van der Waals surface area contributed by atoms with Gasteiger partial charge < -0.3 is 14.7 Å². The van der Waals surface area contributed by atoms with E-state index in [2.05, 4.69) is 17.0 Å². The number of nitrogens with zero attached hydrogens (tertiary/aromatic N) is 2. The van der Waals surface area contributed by atoms with Gasteiger partial charge in [-0.3, -0.25) is 4.90 Å². The number of aliphatic hydroxyl groups excluding tert-OH is 1. The second kappa shape index (κ2) is 6.86. The molecule has 2 aromatic rings.